The van der Waals surface area contributed by atoms with Gasteiger partial charge in [-0.1, -0.05) is 46.9 Å². The SMILES string of the molecule is O=S(=O)(Nc1cccc(Cn2cccn2)c1)c1cc(Cl)c(Cl)cc1Cl. The molecule has 0 radical (unpaired) electrons. The molecule has 0 aliphatic rings. The maximum absolute atomic E-state index is 12.6. The number of rotatable bonds is 5. The molecule has 9 heteroatoms. The van der Waals surface area contributed by atoms with Gasteiger partial charge < -0.3 is 0 Å². The maximum Gasteiger partial charge on any atom is 0.263 e. The summed E-state index contributed by atoms with van der Waals surface area (Å²) in [6, 6.07) is 11.4. The third-order valence-electron chi connectivity index (χ3n) is 3.35. The monoisotopic (exact) mass is 415 g/mol. The van der Waals surface area contributed by atoms with Gasteiger partial charge in [0, 0.05) is 18.1 Å². The van der Waals surface area contributed by atoms with Crippen molar-refractivity contribution in [2.45, 2.75) is 11.4 Å². The fourth-order valence-electron chi connectivity index (χ4n) is 2.23. The minimum absolute atomic E-state index is 0.00500. The summed E-state index contributed by atoms with van der Waals surface area (Å²) in [4.78, 5) is -0.138. The third kappa shape index (κ3) is 4.27. The topological polar surface area (TPSA) is 64.0 Å². The number of benzene rings is 2. The highest BCUT2D eigenvalue weighted by Gasteiger charge is 2.20. The summed E-state index contributed by atoms with van der Waals surface area (Å²) in [7, 11) is -3.91. The van der Waals surface area contributed by atoms with Crippen LogP contribution >= 0.6 is 34.8 Å². The van der Waals surface area contributed by atoms with E-state index in [1.54, 1.807) is 29.1 Å². The molecule has 0 spiro atoms. The lowest BCUT2D eigenvalue weighted by atomic mass is 10.2. The van der Waals surface area contributed by atoms with Crippen molar-refractivity contribution in [3.05, 3.63) is 75.5 Å². The molecule has 0 saturated carbocycles. The van der Waals surface area contributed by atoms with E-state index >= 15 is 0 Å². The van der Waals surface area contributed by atoms with Gasteiger partial charge in [0.15, 0.2) is 0 Å². The molecule has 0 aliphatic carbocycles. The van der Waals surface area contributed by atoms with Crippen molar-refractivity contribution in [1.82, 2.24) is 9.78 Å². The van der Waals surface area contributed by atoms with Crippen LogP contribution in [0.2, 0.25) is 15.1 Å². The molecule has 3 aromatic rings. The lowest BCUT2D eigenvalue weighted by molar-refractivity contribution is 0.601. The standard InChI is InChI=1S/C16H12Cl3N3O2S/c17-13-8-15(19)16(9-14(13)18)25(23,24)21-12-4-1-3-11(7-12)10-22-6-2-5-20-22/h1-9,21H,10H2. The summed E-state index contributed by atoms with van der Waals surface area (Å²) in [5.41, 5.74) is 1.30. The van der Waals surface area contributed by atoms with E-state index in [9.17, 15) is 8.42 Å². The molecule has 2 aromatic carbocycles. The lowest BCUT2D eigenvalue weighted by Crippen LogP contribution is -2.14. The predicted molar refractivity (Wildman–Crippen MR) is 100 cm³/mol. The van der Waals surface area contributed by atoms with E-state index in [0.29, 0.717) is 12.2 Å². The number of sulfonamides is 1. The van der Waals surface area contributed by atoms with Crippen molar-refractivity contribution in [2.24, 2.45) is 0 Å². The number of aromatic nitrogens is 2. The van der Waals surface area contributed by atoms with E-state index in [-0.39, 0.29) is 20.0 Å². The summed E-state index contributed by atoms with van der Waals surface area (Å²) >= 11 is 17.8. The number of hydrogen-bond acceptors (Lipinski definition) is 3. The van der Waals surface area contributed by atoms with Crippen LogP contribution in [0.3, 0.4) is 0 Å². The average molecular weight is 417 g/mol. The second-order valence-corrected chi connectivity index (χ2v) is 8.08. The van der Waals surface area contributed by atoms with Crippen LogP contribution < -0.4 is 4.72 Å². The largest absolute Gasteiger partial charge is 0.280 e. The summed E-state index contributed by atoms with van der Waals surface area (Å²) in [5, 5.41) is 4.42. The molecule has 0 bridgehead atoms. The number of nitrogens with one attached hydrogen (secondary N) is 1. The number of hydrogen-bond donors (Lipinski definition) is 1. The Labute approximate surface area is 160 Å². The molecule has 5 nitrogen and oxygen atoms in total. The Bertz CT molecular complexity index is 1010. The van der Waals surface area contributed by atoms with E-state index in [2.05, 4.69) is 9.82 Å². The fraction of sp³-hybridized carbons (Fsp3) is 0.0625. The van der Waals surface area contributed by atoms with Crippen LogP contribution in [0.1, 0.15) is 5.56 Å². The summed E-state index contributed by atoms with van der Waals surface area (Å²) in [6.45, 7) is 0.524. The number of anilines is 1. The van der Waals surface area contributed by atoms with Gasteiger partial charge in [-0.15, -0.1) is 0 Å². The zero-order chi connectivity index (χ0) is 18.0. The predicted octanol–water partition coefficient (Wildman–Crippen LogP) is 4.69. The van der Waals surface area contributed by atoms with Gasteiger partial charge >= 0.3 is 0 Å². The minimum atomic E-state index is -3.91. The Morgan fingerprint density at radius 2 is 1.76 bits per heavy atom. The van der Waals surface area contributed by atoms with Crippen molar-refractivity contribution in [1.29, 1.82) is 0 Å². The molecule has 0 atom stereocenters. The highest BCUT2D eigenvalue weighted by molar-refractivity contribution is 7.92. The molecular weight excluding hydrogens is 405 g/mol. The third-order valence-corrected chi connectivity index (χ3v) is 5.92. The molecule has 1 heterocycles. The van der Waals surface area contributed by atoms with Crippen molar-refractivity contribution in [3.63, 3.8) is 0 Å². The maximum atomic E-state index is 12.6. The Morgan fingerprint density at radius 1 is 1.00 bits per heavy atom. The van der Waals surface area contributed by atoms with Crippen LogP contribution in [0.15, 0.2) is 59.8 Å². The molecule has 130 valence electrons. The van der Waals surface area contributed by atoms with Gasteiger partial charge in [-0.2, -0.15) is 5.10 Å². The Morgan fingerprint density at radius 3 is 2.48 bits per heavy atom. The molecule has 1 N–H and O–H groups in total. The van der Waals surface area contributed by atoms with E-state index in [4.69, 9.17) is 34.8 Å². The van der Waals surface area contributed by atoms with Gasteiger partial charge in [0.25, 0.3) is 10.0 Å². The average Bonchev–Trinajstić information content (AvgIpc) is 3.03. The first kappa shape index (κ1) is 18.1. The zero-order valence-electron chi connectivity index (χ0n) is 12.7. The van der Waals surface area contributed by atoms with Crippen LogP contribution in [0, 0.1) is 0 Å². The molecule has 0 fully saturated rings. The van der Waals surface area contributed by atoms with Gasteiger partial charge in [-0.3, -0.25) is 9.40 Å². The smallest absolute Gasteiger partial charge is 0.263 e. The Balaban J connectivity index is 1.87. The van der Waals surface area contributed by atoms with E-state index in [0.717, 1.165) is 5.56 Å². The van der Waals surface area contributed by atoms with Crippen LogP contribution in [0.5, 0.6) is 0 Å². The molecule has 3 rings (SSSR count). The number of halogens is 3. The molecule has 0 amide bonds. The van der Waals surface area contributed by atoms with Gasteiger partial charge in [0.05, 0.1) is 21.6 Å². The molecule has 0 saturated heterocycles. The minimum Gasteiger partial charge on any atom is -0.280 e. The zero-order valence-corrected chi connectivity index (χ0v) is 15.7. The molecular formula is C16H12Cl3N3O2S. The fourth-order valence-corrected chi connectivity index (χ4v) is 4.29. The molecule has 0 unspecified atom stereocenters. The van der Waals surface area contributed by atoms with Crippen molar-refractivity contribution >= 4 is 50.5 Å². The molecule has 0 aliphatic heterocycles. The first-order chi connectivity index (χ1) is 11.8. The second kappa shape index (κ2) is 7.25. The van der Waals surface area contributed by atoms with Crippen LogP contribution in [0.4, 0.5) is 5.69 Å². The van der Waals surface area contributed by atoms with E-state index in [1.807, 2.05) is 18.3 Å². The van der Waals surface area contributed by atoms with E-state index in [1.165, 1.54) is 12.1 Å². The van der Waals surface area contributed by atoms with Crippen LogP contribution in [-0.2, 0) is 16.6 Å². The highest BCUT2D eigenvalue weighted by Crippen LogP contribution is 2.32. The summed E-state index contributed by atoms with van der Waals surface area (Å²) in [5.74, 6) is 0. The lowest BCUT2D eigenvalue weighted by Gasteiger charge is -2.12. The van der Waals surface area contributed by atoms with Crippen LogP contribution in [0.25, 0.3) is 0 Å². The summed E-state index contributed by atoms with van der Waals surface area (Å²) in [6.07, 6.45) is 3.51. The number of nitrogens with zero attached hydrogens (tertiary/aromatic N) is 2. The first-order valence-corrected chi connectivity index (χ1v) is 9.70. The Hall–Kier alpha value is -1.73. The van der Waals surface area contributed by atoms with Gasteiger partial charge in [0.1, 0.15) is 4.90 Å². The van der Waals surface area contributed by atoms with Crippen molar-refractivity contribution in [3.8, 4) is 0 Å². The Kier molecular flexibility index (Phi) is 5.24. The summed E-state index contributed by atoms with van der Waals surface area (Å²) < 4.78 is 29.4. The van der Waals surface area contributed by atoms with Gasteiger partial charge in [-0.05, 0) is 35.9 Å². The van der Waals surface area contributed by atoms with Crippen molar-refractivity contribution in [2.75, 3.05) is 4.72 Å². The highest BCUT2D eigenvalue weighted by atomic mass is 35.5. The van der Waals surface area contributed by atoms with Crippen molar-refractivity contribution < 1.29 is 8.42 Å². The normalized spacial score (nSPS) is 11.5. The quantitative estimate of drug-likeness (QED) is 0.614. The van der Waals surface area contributed by atoms with E-state index < -0.39 is 10.0 Å². The second-order valence-electron chi connectivity index (χ2n) is 5.21. The van der Waals surface area contributed by atoms with Gasteiger partial charge in [-0.25, -0.2) is 8.42 Å². The van der Waals surface area contributed by atoms with Gasteiger partial charge in [0.2, 0.25) is 0 Å². The molecule has 1 aromatic heterocycles. The first-order valence-electron chi connectivity index (χ1n) is 7.09. The van der Waals surface area contributed by atoms with Crippen LogP contribution in [-0.4, -0.2) is 18.2 Å². The molecule has 25 heavy (non-hydrogen) atoms.